The molecule has 208 valence electrons. The summed E-state index contributed by atoms with van der Waals surface area (Å²) in [5, 5.41) is 21.1. The number of piperidine rings is 1. The molecule has 2 saturated heterocycles. The molecule has 2 N–H and O–H groups in total. The first-order chi connectivity index (χ1) is 20.7. The van der Waals surface area contributed by atoms with E-state index in [4.69, 9.17) is 8.22 Å². The number of carbonyl (C=O) groups is 1. The van der Waals surface area contributed by atoms with Crippen LogP contribution < -0.4 is 5.32 Å². The lowest BCUT2D eigenvalue weighted by Gasteiger charge is -2.41. The molecule has 1 saturated carbocycles. The van der Waals surface area contributed by atoms with Crippen LogP contribution in [0.5, 0.6) is 0 Å². The smallest absolute Gasteiger partial charge is 0.248 e. The van der Waals surface area contributed by atoms with Gasteiger partial charge in [-0.05, 0) is 50.5 Å². The predicted octanol–water partition coefficient (Wildman–Crippen LogP) is 5.13. The molecule has 9 heteroatoms. The minimum Gasteiger partial charge on any atom is -0.388 e. The Kier molecular flexibility index (Phi) is 6.14. The lowest BCUT2D eigenvalue weighted by molar-refractivity contribution is -0.130. The van der Waals surface area contributed by atoms with E-state index in [-0.39, 0.29) is 67.4 Å². The Morgan fingerprint density at radius 1 is 1.11 bits per heavy atom. The van der Waals surface area contributed by atoms with Gasteiger partial charge in [-0.15, -0.1) is 10.2 Å². The van der Waals surface area contributed by atoms with Crippen molar-refractivity contribution in [2.24, 2.45) is 5.92 Å². The Balaban J connectivity index is 1.30. The molecule has 1 aliphatic carbocycles. The molecule has 2 aromatic rings. The van der Waals surface area contributed by atoms with Crippen molar-refractivity contribution in [2.45, 2.75) is 114 Å². The highest BCUT2D eigenvalue weighted by Crippen LogP contribution is 2.43. The number of nitrogens with zero attached hydrogens (tertiary/aromatic N) is 4. The lowest BCUT2D eigenvalue weighted by Crippen LogP contribution is -2.45. The minimum atomic E-state index is -2.84. The largest absolute Gasteiger partial charge is 0.388 e. The van der Waals surface area contributed by atoms with Crippen molar-refractivity contribution in [3.05, 3.63) is 47.5 Å². The Labute approximate surface area is 232 Å². The highest BCUT2D eigenvalue weighted by atomic mass is 19.3. The summed E-state index contributed by atoms with van der Waals surface area (Å²) < 4.78 is 76.6. The zero-order chi connectivity index (χ0) is 31.9. The first kappa shape index (κ1) is 20.5. The van der Waals surface area contributed by atoms with Crippen LogP contribution in [-0.2, 0) is 11.4 Å². The Morgan fingerprint density at radius 3 is 2.42 bits per heavy atom. The predicted molar refractivity (Wildman–Crippen MR) is 141 cm³/mol. The van der Waals surface area contributed by atoms with Crippen LogP contribution in [0, 0.1) is 5.92 Å². The van der Waals surface area contributed by atoms with E-state index in [9.17, 15) is 18.7 Å². The maximum Gasteiger partial charge on any atom is 0.248 e. The first-order valence-corrected chi connectivity index (χ1v) is 13.7. The molecule has 3 heterocycles. The molecule has 3 atom stereocenters. The first-order valence-electron chi connectivity index (χ1n) is 16.7. The van der Waals surface area contributed by atoms with Gasteiger partial charge in [0.15, 0.2) is 5.82 Å². The van der Waals surface area contributed by atoms with E-state index in [0.717, 1.165) is 18.4 Å². The van der Waals surface area contributed by atoms with Crippen LogP contribution in [-0.4, -0.2) is 55.2 Å². The molecular formula is C29H41F2N5O2. The van der Waals surface area contributed by atoms with E-state index in [0.29, 0.717) is 25.8 Å². The summed E-state index contributed by atoms with van der Waals surface area (Å²) in [6, 6.07) is 9.34. The number of carbonyl (C=O) groups excluding carboxylic acids is 1. The van der Waals surface area contributed by atoms with Crippen LogP contribution >= 0.6 is 0 Å². The SMILES string of the molecule is [2H]C([2H])([2H])C(c1nnc(CO)n1C1CC2CCC(C1)N2CC[C@@H](NC(=O)C1CCC(F)(F)CC1)c1ccccc1)C([2H])([2H])[2H]. The van der Waals surface area contributed by atoms with Gasteiger partial charge in [-0.3, -0.25) is 9.69 Å². The number of aliphatic hydroxyl groups excluding tert-OH is 1. The van der Waals surface area contributed by atoms with E-state index in [1.165, 1.54) is 0 Å². The molecule has 0 radical (unpaired) electrons. The molecule has 1 aromatic carbocycles. The lowest BCUT2D eigenvalue weighted by atomic mass is 9.86. The second-order valence-corrected chi connectivity index (χ2v) is 11.1. The average Bonchev–Trinajstić information content (AvgIpc) is 3.45. The third-order valence-electron chi connectivity index (χ3n) is 8.70. The molecule has 2 aliphatic heterocycles. The number of fused-ring (bicyclic) bond motifs is 2. The number of nitrogens with one attached hydrogen (secondary N) is 1. The highest BCUT2D eigenvalue weighted by molar-refractivity contribution is 5.79. The highest BCUT2D eigenvalue weighted by Gasteiger charge is 2.43. The van der Waals surface area contributed by atoms with Crippen LogP contribution in [0.3, 0.4) is 0 Å². The number of halogens is 2. The molecule has 2 bridgehead atoms. The number of alkyl halides is 2. The van der Waals surface area contributed by atoms with Gasteiger partial charge in [0.1, 0.15) is 12.4 Å². The third kappa shape index (κ3) is 5.78. The van der Waals surface area contributed by atoms with E-state index >= 15 is 0 Å². The second kappa shape index (κ2) is 11.4. The molecule has 1 amide bonds. The summed E-state index contributed by atoms with van der Waals surface area (Å²) in [5.41, 5.74) is 0.950. The van der Waals surface area contributed by atoms with E-state index in [1.54, 1.807) is 4.57 Å². The molecule has 38 heavy (non-hydrogen) atoms. The summed E-state index contributed by atoms with van der Waals surface area (Å²) in [7, 11) is 0. The maximum atomic E-state index is 13.7. The summed E-state index contributed by atoms with van der Waals surface area (Å²) >= 11 is 0. The van der Waals surface area contributed by atoms with Crippen molar-refractivity contribution in [1.82, 2.24) is 25.0 Å². The summed E-state index contributed by atoms with van der Waals surface area (Å²) in [5.74, 6) is -5.13. The Bertz CT molecular complexity index is 1250. The van der Waals surface area contributed by atoms with Crippen molar-refractivity contribution in [2.75, 3.05) is 6.54 Å². The fourth-order valence-electron chi connectivity index (χ4n) is 6.74. The van der Waals surface area contributed by atoms with Crippen LogP contribution in [0.1, 0.15) is 115 Å². The third-order valence-corrected chi connectivity index (χ3v) is 8.70. The fraction of sp³-hybridized carbons (Fsp3) is 0.690. The van der Waals surface area contributed by atoms with Crippen molar-refractivity contribution in [3.63, 3.8) is 0 Å². The van der Waals surface area contributed by atoms with Crippen molar-refractivity contribution in [3.8, 4) is 0 Å². The van der Waals surface area contributed by atoms with E-state index in [2.05, 4.69) is 20.4 Å². The number of hydrogen-bond donors (Lipinski definition) is 2. The zero-order valence-electron chi connectivity index (χ0n) is 27.5. The molecule has 2 unspecified atom stereocenters. The topological polar surface area (TPSA) is 83.3 Å². The summed E-state index contributed by atoms with van der Waals surface area (Å²) in [6.07, 6.45) is 3.46. The standard InChI is InChI=1S/C29H41F2N5O2/c1-19(2)27-34-33-26(18-37)36(27)24-16-22-8-9-23(17-24)35(22)15-12-25(20-6-4-3-5-7-20)32-28(38)21-10-13-29(30,31)14-11-21/h3-7,19,21-25,37H,8-18H2,1-2H3,(H,32,38)/t22?,23?,24?,25-/m1/s1/i1D3,2D3. The van der Waals surface area contributed by atoms with Gasteiger partial charge in [0, 0.05) is 57.6 Å². The minimum absolute atomic E-state index is 0.132. The van der Waals surface area contributed by atoms with Crippen LogP contribution in [0.25, 0.3) is 0 Å². The van der Waals surface area contributed by atoms with Crippen LogP contribution in [0.15, 0.2) is 30.3 Å². The molecule has 7 nitrogen and oxygen atoms in total. The Morgan fingerprint density at radius 2 is 1.79 bits per heavy atom. The number of aromatic nitrogens is 3. The quantitative estimate of drug-likeness (QED) is 0.465. The zero-order valence-corrected chi connectivity index (χ0v) is 21.5. The van der Waals surface area contributed by atoms with E-state index < -0.39 is 38.1 Å². The molecule has 3 fully saturated rings. The van der Waals surface area contributed by atoms with Gasteiger partial charge < -0.3 is 15.0 Å². The van der Waals surface area contributed by atoms with Gasteiger partial charge in [-0.1, -0.05) is 44.0 Å². The number of hydrogen-bond acceptors (Lipinski definition) is 5. The van der Waals surface area contributed by atoms with Gasteiger partial charge in [0.25, 0.3) is 0 Å². The van der Waals surface area contributed by atoms with Gasteiger partial charge in [0.05, 0.1) is 6.04 Å². The number of benzene rings is 1. The van der Waals surface area contributed by atoms with Crippen molar-refractivity contribution >= 4 is 5.91 Å². The van der Waals surface area contributed by atoms with Gasteiger partial charge in [-0.25, -0.2) is 8.78 Å². The van der Waals surface area contributed by atoms with Crippen LogP contribution in [0.2, 0.25) is 0 Å². The summed E-state index contributed by atoms with van der Waals surface area (Å²) in [6.45, 7) is -5.48. The van der Waals surface area contributed by atoms with Crippen LogP contribution in [0.4, 0.5) is 8.78 Å². The summed E-state index contributed by atoms with van der Waals surface area (Å²) in [4.78, 5) is 15.6. The molecule has 1 aromatic heterocycles. The number of rotatable bonds is 9. The van der Waals surface area contributed by atoms with Crippen molar-refractivity contribution < 1.29 is 26.9 Å². The van der Waals surface area contributed by atoms with Gasteiger partial charge in [-0.2, -0.15) is 0 Å². The second-order valence-electron chi connectivity index (χ2n) is 11.1. The van der Waals surface area contributed by atoms with Crippen molar-refractivity contribution in [1.29, 1.82) is 0 Å². The van der Waals surface area contributed by atoms with Gasteiger partial charge in [0.2, 0.25) is 11.8 Å². The maximum absolute atomic E-state index is 13.7. The number of aliphatic hydroxyl groups is 1. The molecule has 0 spiro atoms. The fourth-order valence-corrected chi connectivity index (χ4v) is 6.74. The average molecular weight is 536 g/mol. The molecular weight excluding hydrogens is 488 g/mol. The molecule has 3 aliphatic rings. The molecule has 5 rings (SSSR count). The Hall–Kier alpha value is -2.39. The number of amides is 1. The normalized spacial score (nSPS) is 29.5. The van der Waals surface area contributed by atoms with Gasteiger partial charge >= 0.3 is 0 Å². The monoisotopic (exact) mass is 535 g/mol. The van der Waals surface area contributed by atoms with E-state index in [1.807, 2.05) is 30.3 Å².